The predicted octanol–water partition coefficient (Wildman–Crippen LogP) is 7.16. The molecule has 0 bridgehead atoms. The van der Waals surface area contributed by atoms with E-state index in [1.807, 2.05) is 85.1 Å². The van der Waals surface area contributed by atoms with E-state index in [2.05, 4.69) is 44.2 Å². The van der Waals surface area contributed by atoms with Crippen molar-refractivity contribution in [1.29, 1.82) is 0 Å². The Morgan fingerprint density at radius 1 is 0.907 bits per heavy atom. The smallest absolute Gasteiger partial charge is 0.481 e. The summed E-state index contributed by atoms with van der Waals surface area (Å²) >= 11 is 0. The molecule has 0 aliphatic carbocycles. The van der Waals surface area contributed by atoms with Crippen LogP contribution < -0.4 is 15.9 Å². The first-order valence-electron chi connectivity index (χ1n) is 17.6. The molecule has 14 heteroatoms. The lowest BCUT2D eigenvalue weighted by Crippen LogP contribution is -2.41. The van der Waals surface area contributed by atoms with Gasteiger partial charge in [0.2, 0.25) is 5.95 Å². The van der Waals surface area contributed by atoms with Crippen molar-refractivity contribution in [2.45, 2.75) is 51.4 Å². The molecule has 1 aliphatic rings. The number of anilines is 2. The van der Waals surface area contributed by atoms with Gasteiger partial charge < -0.3 is 25.4 Å². The van der Waals surface area contributed by atoms with Crippen LogP contribution in [0.5, 0.6) is 0 Å². The van der Waals surface area contributed by atoms with Gasteiger partial charge in [-0.25, -0.2) is 14.6 Å². The number of hydrogen-bond donors (Lipinski definition) is 4. The average Bonchev–Trinajstić information content (AvgIpc) is 3.57. The molecule has 0 saturated carbocycles. The van der Waals surface area contributed by atoms with Crippen LogP contribution in [0, 0.1) is 5.92 Å². The van der Waals surface area contributed by atoms with Gasteiger partial charge in [0.25, 0.3) is 0 Å². The highest BCUT2D eigenvalue weighted by Gasteiger charge is 2.38. The number of aryl methyl sites for hydroxylation is 1. The second-order valence-electron chi connectivity index (χ2n) is 13.2. The number of aromatic amines is 1. The normalized spacial score (nSPS) is 14.0. The van der Waals surface area contributed by atoms with Crippen molar-refractivity contribution in [1.82, 2.24) is 19.5 Å². The highest BCUT2D eigenvalue weighted by Crippen LogP contribution is 2.33. The van der Waals surface area contributed by atoms with Crippen molar-refractivity contribution >= 4 is 45.5 Å². The monoisotopic (exact) mass is 740 g/mol. The summed E-state index contributed by atoms with van der Waals surface area (Å²) < 4.78 is 33.2. The van der Waals surface area contributed by atoms with Crippen LogP contribution in [-0.4, -0.2) is 67.0 Å². The fourth-order valence-corrected chi connectivity index (χ4v) is 6.70. The molecule has 280 valence electrons. The van der Waals surface area contributed by atoms with E-state index in [4.69, 9.17) is 9.90 Å². The van der Waals surface area contributed by atoms with E-state index in [1.165, 1.54) is 4.57 Å². The Bertz CT molecular complexity index is 2300. The summed E-state index contributed by atoms with van der Waals surface area (Å²) in [5.41, 5.74) is 5.41. The number of fused-ring (bicyclic) bond motifs is 2. The van der Waals surface area contributed by atoms with Gasteiger partial charge >= 0.3 is 23.8 Å². The topological polar surface area (TPSA) is 153 Å². The zero-order valence-corrected chi connectivity index (χ0v) is 29.4. The average molecular weight is 741 g/mol. The first-order chi connectivity index (χ1) is 25.9. The van der Waals surface area contributed by atoms with E-state index in [-0.39, 0.29) is 12.6 Å². The molecule has 4 aromatic carbocycles. The third-order valence-electron chi connectivity index (χ3n) is 9.49. The number of piperidine rings is 1. The van der Waals surface area contributed by atoms with Gasteiger partial charge in [0.05, 0.1) is 17.0 Å². The number of imidazole rings is 1. The van der Waals surface area contributed by atoms with Gasteiger partial charge in [-0.3, -0.25) is 9.36 Å². The van der Waals surface area contributed by atoms with Crippen LogP contribution in [0.2, 0.25) is 0 Å². The molecule has 1 saturated heterocycles. The molecule has 0 radical (unpaired) electrons. The van der Waals surface area contributed by atoms with E-state index in [9.17, 15) is 27.9 Å². The van der Waals surface area contributed by atoms with Gasteiger partial charge in [0.15, 0.2) is 0 Å². The Kier molecular flexibility index (Phi) is 11.3. The molecule has 7 rings (SSSR count). The van der Waals surface area contributed by atoms with Crippen LogP contribution in [0.3, 0.4) is 0 Å². The van der Waals surface area contributed by atoms with Crippen molar-refractivity contribution in [3.63, 3.8) is 0 Å². The zero-order valence-electron chi connectivity index (χ0n) is 29.4. The number of carboxylic acid groups (broad SMARTS) is 2. The first-order valence-corrected chi connectivity index (χ1v) is 17.6. The molecule has 6 aromatic rings. The summed E-state index contributed by atoms with van der Waals surface area (Å²) in [4.78, 5) is 49.9. The third-order valence-corrected chi connectivity index (χ3v) is 9.49. The summed E-state index contributed by atoms with van der Waals surface area (Å²) in [7, 11) is 0. The molecule has 0 spiro atoms. The Hall–Kier alpha value is -6.18. The van der Waals surface area contributed by atoms with Gasteiger partial charge in [-0.05, 0) is 65.3 Å². The number of carboxylic acids is 2. The molecule has 11 nitrogen and oxygen atoms in total. The Labute approximate surface area is 308 Å². The quantitative estimate of drug-likeness (QED) is 0.115. The largest absolute Gasteiger partial charge is 0.490 e. The predicted molar refractivity (Wildman–Crippen MR) is 201 cm³/mol. The van der Waals surface area contributed by atoms with Crippen LogP contribution in [0.4, 0.5) is 24.9 Å². The summed E-state index contributed by atoms with van der Waals surface area (Å²) in [6.07, 6.45) is -0.430. The lowest BCUT2D eigenvalue weighted by molar-refractivity contribution is -0.192. The van der Waals surface area contributed by atoms with Crippen LogP contribution in [0.25, 0.3) is 32.9 Å². The number of H-pyrrole nitrogens is 1. The van der Waals surface area contributed by atoms with E-state index in [0.29, 0.717) is 12.2 Å². The molecule has 1 aliphatic heterocycles. The number of para-hydroxylation sites is 2. The second kappa shape index (κ2) is 16.2. The fourth-order valence-electron chi connectivity index (χ4n) is 6.70. The van der Waals surface area contributed by atoms with Gasteiger partial charge in [-0.2, -0.15) is 18.2 Å². The Morgan fingerprint density at radius 2 is 1.57 bits per heavy atom. The van der Waals surface area contributed by atoms with Gasteiger partial charge in [0.1, 0.15) is 5.82 Å². The van der Waals surface area contributed by atoms with Gasteiger partial charge in [0, 0.05) is 37.4 Å². The summed E-state index contributed by atoms with van der Waals surface area (Å²) in [5, 5.41) is 23.1. The minimum Gasteiger partial charge on any atom is -0.481 e. The number of alkyl halides is 3. The lowest BCUT2D eigenvalue weighted by Gasteiger charge is -2.34. The number of carbonyl (C=O) groups is 2. The maximum atomic E-state index is 13.6. The first kappa shape index (κ1) is 37.6. The van der Waals surface area contributed by atoms with Crippen LogP contribution in [0.15, 0.2) is 102 Å². The van der Waals surface area contributed by atoms with Crippen molar-refractivity contribution in [2.75, 3.05) is 23.3 Å². The molecule has 4 N–H and O–H groups in total. The van der Waals surface area contributed by atoms with E-state index in [1.54, 1.807) is 0 Å². The van der Waals surface area contributed by atoms with E-state index in [0.717, 1.165) is 82.4 Å². The minimum absolute atomic E-state index is 0.0268. The number of benzene rings is 4. The summed E-state index contributed by atoms with van der Waals surface area (Å²) in [5.74, 6) is -3.08. The molecule has 2 aromatic heterocycles. The number of nitrogens with zero attached hydrogens (tertiary/aromatic N) is 4. The number of rotatable bonds is 10. The number of halogens is 3. The third kappa shape index (κ3) is 8.88. The zero-order chi connectivity index (χ0) is 38.4. The van der Waals surface area contributed by atoms with Crippen molar-refractivity contribution in [3.8, 4) is 11.1 Å². The van der Waals surface area contributed by atoms with Crippen LogP contribution >= 0.6 is 0 Å². The fraction of sp³-hybridized carbons (Fsp3) is 0.275. The van der Waals surface area contributed by atoms with E-state index >= 15 is 0 Å². The molecule has 1 fully saturated rings. The van der Waals surface area contributed by atoms with Crippen molar-refractivity contribution in [2.24, 2.45) is 5.92 Å². The van der Waals surface area contributed by atoms with Crippen LogP contribution in [-0.2, 0) is 29.0 Å². The highest BCUT2D eigenvalue weighted by atomic mass is 19.4. The molecular weight excluding hydrogens is 701 g/mol. The summed E-state index contributed by atoms with van der Waals surface area (Å²) in [6, 6.07) is 30.4. The number of aliphatic carboxylic acids is 2. The maximum absolute atomic E-state index is 13.6. The van der Waals surface area contributed by atoms with Gasteiger partial charge in [-0.15, -0.1) is 0 Å². The SMILES string of the molecule is CCc1ccccc1-c1cn(CC(Cc2ccc3ccccc3c2)C(=O)O)c(=O)nc1N1CCC(Nc2nc3ccccc3[nH]2)CC1.O=C(O)C(F)(F)F. The van der Waals surface area contributed by atoms with E-state index < -0.39 is 29.7 Å². The summed E-state index contributed by atoms with van der Waals surface area (Å²) in [6.45, 7) is 3.57. The van der Waals surface area contributed by atoms with Crippen molar-refractivity contribution < 1.29 is 33.0 Å². The van der Waals surface area contributed by atoms with Gasteiger partial charge in [-0.1, -0.05) is 85.8 Å². The molecule has 54 heavy (non-hydrogen) atoms. The molecule has 1 unspecified atom stereocenters. The Morgan fingerprint density at radius 3 is 2.26 bits per heavy atom. The minimum atomic E-state index is -5.08. The second-order valence-corrected chi connectivity index (χ2v) is 13.2. The molecule has 0 amide bonds. The highest BCUT2D eigenvalue weighted by molar-refractivity contribution is 5.83. The standard InChI is InChI=1S/C38H38N6O3.C2HF3O2/c1-2-26-9-5-6-12-31(26)32-24-44(23-29(36(45)46)22-25-15-16-27-10-3-4-11-28(27)21-25)38(47)42-35(32)43-19-17-30(18-20-43)39-37-40-33-13-7-8-14-34(33)41-37;3-2(4,5)1(6)7/h3-16,21,24,29-30H,2,17-20,22-23H2,1H3,(H,45,46)(H2,39,40,41);(H,6,7). The number of hydrogen-bond acceptors (Lipinski definition) is 7. The molecule has 3 heterocycles. The molecule has 1 atom stereocenters. The lowest BCUT2D eigenvalue weighted by atomic mass is 9.96. The van der Waals surface area contributed by atoms with Crippen molar-refractivity contribution in [3.05, 3.63) is 119 Å². The van der Waals surface area contributed by atoms with Crippen LogP contribution in [0.1, 0.15) is 30.9 Å². The Balaban J connectivity index is 0.000000649. The molecular formula is C40H39F3N6O5. The number of nitrogens with one attached hydrogen (secondary N) is 2. The number of aromatic nitrogens is 4. The maximum Gasteiger partial charge on any atom is 0.490 e.